The number of carbonyl (C=O) groups excluding carboxylic acids is 1. The quantitative estimate of drug-likeness (QED) is 0.666. The van der Waals surface area contributed by atoms with E-state index in [9.17, 15) is 9.59 Å². The normalized spacial score (nSPS) is 13.7. The highest BCUT2D eigenvalue weighted by atomic mass is 35.5. The van der Waals surface area contributed by atoms with E-state index in [0.717, 1.165) is 17.8 Å². The second-order valence-electron chi connectivity index (χ2n) is 7.28. The fourth-order valence-electron chi connectivity index (χ4n) is 3.53. The standard InChI is InChI=1S/C22H20Cl2N4O2/c1-27-10-9-18-16(12-27)22(30)28(21(26-18)14-5-3-2-4-6-14)13-20(29)25-19-11-15(23)7-8-17(19)24/h2-8,11H,9-10,12-13H2,1H3,(H,25,29). The Bertz CT molecular complexity index is 1160. The predicted molar refractivity (Wildman–Crippen MR) is 119 cm³/mol. The maximum atomic E-state index is 13.3. The minimum absolute atomic E-state index is 0.185. The summed E-state index contributed by atoms with van der Waals surface area (Å²) >= 11 is 12.2. The summed E-state index contributed by atoms with van der Waals surface area (Å²) in [6, 6.07) is 14.2. The van der Waals surface area contributed by atoms with Gasteiger partial charge in [0.15, 0.2) is 0 Å². The highest BCUT2D eigenvalue weighted by Gasteiger charge is 2.23. The molecule has 154 valence electrons. The molecule has 0 saturated carbocycles. The number of hydrogen-bond donors (Lipinski definition) is 1. The van der Waals surface area contributed by atoms with Crippen molar-refractivity contribution in [1.29, 1.82) is 0 Å². The van der Waals surface area contributed by atoms with Gasteiger partial charge in [-0.1, -0.05) is 53.5 Å². The van der Waals surface area contributed by atoms with E-state index >= 15 is 0 Å². The molecular formula is C22H20Cl2N4O2. The molecule has 0 aliphatic carbocycles. The van der Waals surface area contributed by atoms with Crippen molar-refractivity contribution in [2.75, 3.05) is 18.9 Å². The van der Waals surface area contributed by atoms with Gasteiger partial charge in [0, 0.05) is 30.1 Å². The molecule has 1 aliphatic rings. The van der Waals surface area contributed by atoms with Crippen LogP contribution < -0.4 is 10.9 Å². The fraction of sp³-hybridized carbons (Fsp3) is 0.227. The number of carbonyl (C=O) groups is 1. The average Bonchev–Trinajstić information content (AvgIpc) is 2.73. The molecule has 0 atom stereocenters. The van der Waals surface area contributed by atoms with Gasteiger partial charge in [0.05, 0.1) is 22.0 Å². The maximum Gasteiger partial charge on any atom is 0.259 e. The number of fused-ring (bicyclic) bond motifs is 1. The third-order valence-electron chi connectivity index (χ3n) is 5.04. The van der Waals surface area contributed by atoms with Gasteiger partial charge in [-0.2, -0.15) is 0 Å². The van der Waals surface area contributed by atoms with Crippen molar-refractivity contribution in [3.63, 3.8) is 0 Å². The molecule has 2 heterocycles. The van der Waals surface area contributed by atoms with E-state index in [2.05, 4.69) is 10.2 Å². The zero-order valence-corrected chi connectivity index (χ0v) is 17.9. The molecule has 1 amide bonds. The van der Waals surface area contributed by atoms with E-state index in [1.54, 1.807) is 18.2 Å². The van der Waals surface area contributed by atoms with Gasteiger partial charge in [0.2, 0.25) is 5.91 Å². The molecule has 0 bridgehead atoms. The first-order valence-electron chi connectivity index (χ1n) is 9.54. The van der Waals surface area contributed by atoms with Crippen molar-refractivity contribution >= 4 is 34.8 Å². The summed E-state index contributed by atoms with van der Waals surface area (Å²) in [7, 11) is 1.96. The van der Waals surface area contributed by atoms with Crippen LogP contribution in [0.3, 0.4) is 0 Å². The van der Waals surface area contributed by atoms with Gasteiger partial charge in [0.25, 0.3) is 5.56 Å². The number of nitrogens with zero attached hydrogens (tertiary/aromatic N) is 3. The van der Waals surface area contributed by atoms with Crippen LogP contribution >= 0.6 is 23.2 Å². The van der Waals surface area contributed by atoms with E-state index in [1.807, 2.05) is 37.4 Å². The monoisotopic (exact) mass is 442 g/mol. The van der Waals surface area contributed by atoms with Crippen molar-refractivity contribution in [3.8, 4) is 11.4 Å². The molecule has 1 aromatic heterocycles. The van der Waals surface area contributed by atoms with Gasteiger partial charge >= 0.3 is 0 Å². The van der Waals surface area contributed by atoms with Gasteiger partial charge in [-0.15, -0.1) is 0 Å². The van der Waals surface area contributed by atoms with Crippen molar-refractivity contribution < 1.29 is 4.79 Å². The third-order valence-corrected chi connectivity index (χ3v) is 5.61. The topological polar surface area (TPSA) is 67.2 Å². The zero-order chi connectivity index (χ0) is 21.3. The Hall–Kier alpha value is -2.67. The van der Waals surface area contributed by atoms with Crippen molar-refractivity contribution in [2.45, 2.75) is 19.5 Å². The average molecular weight is 443 g/mol. The van der Waals surface area contributed by atoms with Gasteiger partial charge in [-0.3, -0.25) is 14.2 Å². The molecule has 1 N–H and O–H groups in total. The van der Waals surface area contributed by atoms with Crippen molar-refractivity contribution in [1.82, 2.24) is 14.5 Å². The number of likely N-dealkylation sites (N-methyl/N-ethyl adjacent to an activating group) is 1. The molecule has 0 unspecified atom stereocenters. The van der Waals surface area contributed by atoms with Crippen LogP contribution in [0.1, 0.15) is 11.3 Å². The minimum Gasteiger partial charge on any atom is -0.323 e. The Labute approximate surface area is 184 Å². The Kier molecular flexibility index (Phi) is 5.90. The Morgan fingerprint density at radius 1 is 1.17 bits per heavy atom. The Morgan fingerprint density at radius 2 is 1.93 bits per heavy atom. The molecule has 1 aliphatic heterocycles. The lowest BCUT2D eigenvalue weighted by Gasteiger charge is -2.25. The smallest absolute Gasteiger partial charge is 0.259 e. The number of amides is 1. The summed E-state index contributed by atoms with van der Waals surface area (Å²) in [6.07, 6.45) is 0.700. The molecule has 8 heteroatoms. The summed E-state index contributed by atoms with van der Waals surface area (Å²) in [5.41, 5.74) is 2.42. The third kappa shape index (κ3) is 4.26. The summed E-state index contributed by atoms with van der Waals surface area (Å²) in [6.45, 7) is 1.17. The summed E-state index contributed by atoms with van der Waals surface area (Å²) in [5.74, 6) is 0.0978. The highest BCUT2D eigenvalue weighted by molar-refractivity contribution is 6.35. The molecule has 2 aromatic carbocycles. The highest BCUT2D eigenvalue weighted by Crippen LogP contribution is 2.26. The van der Waals surface area contributed by atoms with Crippen LogP contribution in [0.4, 0.5) is 5.69 Å². The molecular weight excluding hydrogens is 423 g/mol. The SMILES string of the molecule is CN1CCc2nc(-c3ccccc3)n(CC(=O)Nc3cc(Cl)ccc3Cl)c(=O)c2C1. The molecule has 0 spiro atoms. The molecule has 4 rings (SSSR count). The lowest BCUT2D eigenvalue weighted by atomic mass is 10.1. The van der Waals surface area contributed by atoms with E-state index in [4.69, 9.17) is 28.2 Å². The lowest BCUT2D eigenvalue weighted by molar-refractivity contribution is -0.116. The number of hydrogen-bond acceptors (Lipinski definition) is 4. The van der Waals surface area contributed by atoms with E-state index in [-0.39, 0.29) is 18.0 Å². The van der Waals surface area contributed by atoms with Gasteiger partial charge in [0.1, 0.15) is 12.4 Å². The largest absolute Gasteiger partial charge is 0.323 e. The maximum absolute atomic E-state index is 13.3. The van der Waals surface area contributed by atoms with Gasteiger partial charge < -0.3 is 10.2 Å². The number of halogens is 2. The summed E-state index contributed by atoms with van der Waals surface area (Å²) in [5, 5.41) is 3.56. The number of rotatable bonds is 4. The zero-order valence-electron chi connectivity index (χ0n) is 16.4. The van der Waals surface area contributed by atoms with Crippen LogP contribution in [0.5, 0.6) is 0 Å². The Balaban J connectivity index is 1.74. The number of anilines is 1. The predicted octanol–water partition coefficient (Wildman–Crippen LogP) is 3.84. The van der Waals surface area contributed by atoms with Crippen LogP contribution in [0.2, 0.25) is 10.0 Å². The summed E-state index contributed by atoms with van der Waals surface area (Å²) < 4.78 is 1.43. The van der Waals surface area contributed by atoms with Crippen LogP contribution in [-0.4, -0.2) is 34.0 Å². The fourth-order valence-corrected chi connectivity index (χ4v) is 3.87. The van der Waals surface area contributed by atoms with Crippen LogP contribution in [0, 0.1) is 0 Å². The molecule has 0 saturated heterocycles. The molecule has 30 heavy (non-hydrogen) atoms. The molecule has 6 nitrogen and oxygen atoms in total. The molecule has 3 aromatic rings. The van der Waals surface area contributed by atoms with Gasteiger partial charge in [-0.05, 0) is 25.2 Å². The van der Waals surface area contributed by atoms with E-state index < -0.39 is 0 Å². The van der Waals surface area contributed by atoms with Gasteiger partial charge in [-0.25, -0.2) is 4.98 Å². The first kappa shape index (κ1) is 20.6. The second-order valence-corrected chi connectivity index (χ2v) is 8.12. The van der Waals surface area contributed by atoms with E-state index in [1.165, 1.54) is 4.57 Å². The van der Waals surface area contributed by atoms with Crippen LogP contribution in [-0.2, 0) is 24.3 Å². The lowest BCUT2D eigenvalue weighted by Crippen LogP contribution is -2.38. The molecule has 0 radical (unpaired) electrons. The van der Waals surface area contributed by atoms with E-state index in [0.29, 0.717) is 40.1 Å². The van der Waals surface area contributed by atoms with Crippen LogP contribution in [0.25, 0.3) is 11.4 Å². The van der Waals surface area contributed by atoms with Crippen molar-refractivity contribution in [2.24, 2.45) is 0 Å². The summed E-state index contributed by atoms with van der Waals surface area (Å²) in [4.78, 5) is 33.0. The number of nitrogens with one attached hydrogen (secondary N) is 1. The first-order valence-corrected chi connectivity index (χ1v) is 10.3. The van der Waals surface area contributed by atoms with Crippen LogP contribution in [0.15, 0.2) is 53.3 Å². The van der Waals surface area contributed by atoms with Crippen molar-refractivity contribution in [3.05, 3.63) is 80.2 Å². The first-order chi connectivity index (χ1) is 14.4. The number of aromatic nitrogens is 2. The molecule has 0 fully saturated rings. The second kappa shape index (κ2) is 8.60. The minimum atomic E-state index is -0.385. The number of benzene rings is 2. The Morgan fingerprint density at radius 3 is 2.70 bits per heavy atom.